The Kier molecular flexibility index (Phi) is 6.39. The smallest absolute Gasteiger partial charge is 0.248 e. The number of piperidine rings is 1. The number of nitrogens with zero attached hydrogens (tertiary/aromatic N) is 2. The largest absolute Gasteiger partial charge is 0.360 e. The van der Waals surface area contributed by atoms with Crippen LogP contribution in [0.15, 0.2) is 27.6 Å². The van der Waals surface area contributed by atoms with Crippen LogP contribution in [-0.2, 0) is 24.8 Å². The molecule has 13 heteroatoms. The first-order chi connectivity index (χ1) is 14.4. The van der Waals surface area contributed by atoms with E-state index in [2.05, 4.69) is 10.5 Å². The molecule has 10 nitrogen and oxygen atoms in total. The molecule has 1 amide bonds. The van der Waals surface area contributed by atoms with Crippen LogP contribution in [0.1, 0.15) is 24.3 Å². The second-order valence-electron chi connectivity index (χ2n) is 7.41. The summed E-state index contributed by atoms with van der Waals surface area (Å²) in [7, 11) is -7.59. The summed E-state index contributed by atoms with van der Waals surface area (Å²) < 4.78 is 70.9. The second kappa shape index (κ2) is 8.55. The number of amides is 1. The average molecular weight is 475 g/mol. The molecule has 0 radical (unpaired) electrons. The fourth-order valence-corrected chi connectivity index (χ4v) is 5.84. The SMILES string of the molecule is Cc1noc(C)c1S(=O)(=O)N1CCC[C@@H](C(=O)Nc2ccc(F)c(NS(C)(=O)=O)c2)C1. The normalized spacial score (nSPS) is 18.0. The molecule has 0 aliphatic carbocycles. The second-order valence-corrected chi connectivity index (χ2v) is 11.0. The van der Waals surface area contributed by atoms with Crippen LogP contribution in [0.25, 0.3) is 0 Å². The maximum absolute atomic E-state index is 13.8. The molecule has 170 valence electrons. The number of sulfonamides is 2. The Morgan fingerprint density at radius 2 is 1.97 bits per heavy atom. The zero-order chi connectivity index (χ0) is 23.0. The van der Waals surface area contributed by atoms with Gasteiger partial charge < -0.3 is 9.84 Å². The van der Waals surface area contributed by atoms with Gasteiger partial charge in [0.05, 0.1) is 17.9 Å². The lowest BCUT2D eigenvalue weighted by Crippen LogP contribution is -2.43. The molecule has 1 fully saturated rings. The van der Waals surface area contributed by atoms with Crippen molar-refractivity contribution in [1.29, 1.82) is 0 Å². The Bertz CT molecular complexity index is 1190. The third-order valence-corrected chi connectivity index (χ3v) is 7.55. The Morgan fingerprint density at radius 1 is 1.26 bits per heavy atom. The molecule has 2 N–H and O–H groups in total. The van der Waals surface area contributed by atoms with Crippen LogP contribution >= 0.6 is 0 Å². The van der Waals surface area contributed by atoms with Crippen LogP contribution in [-0.4, -0.2) is 51.5 Å². The highest BCUT2D eigenvalue weighted by molar-refractivity contribution is 7.92. The number of halogens is 1. The number of nitrogens with one attached hydrogen (secondary N) is 2. The summed E-state index contributed by atoms with van der Waals surface area (Å²) in [4.78, 5) is 12.7. The van der Waals surface area contributed by atoms with Crippen LogP contribution in [0.2, 0.25) is 0 Å². The highest BCUT2D eigenvalue weighted by atomic mass is 32.2. The summed E-state index contributed by atoms with van der Waals surface area (Å²) in [5.74, 6) is -1.70. The van der Waals surface area contributed by atoms with Gasteiger partial charge in [0.2, 0.25) is 26.0 Å². The topological polar surface area (TPSA) is 139 Å². The molecular formula is C18H23FN4O6S2. The van der Waals surface area contributed by atoms with E-state index >= 15 is 0 Å². The first-order valence-corrected chi connectivity index (χ1v) is 12.7. The quantitative estimate of drug-likeness (QED) is 0.651. The van der Waals surface area contributed by atoms with Gasteiger partial charge in [0.1, 0.15) is 16.4 Å². The lowest BCUT2D eigenvalue weighted by molar-refractivity contribution is -0.120. The lowest BCUT2D eigenvalue weighted by Gasteiger charge is -2.31. The molecule has 1 atom stereocenters. The first-order valence-electron chi connectivity index (χ1n) is 9.39. The number of benzene rings is 1. The van der Waals surface area contributed by atoms with Crippen molar-refractivity contribution >= 4 is 37.3 Å². The minimum atomic E-state index is -3.88. The molecule has 31 heavy (non-hydrogen) atoms. The zero-order valence-corrected chi connectivity index (χ0v) is 18.8. The molecule has 0 bridgehead atoms. The van der Waals surface area contributed by atoms with E-state index in [1.807, 2.05) is 4.72 Å². The van der Waals surface area contributed by atoms with E-state index < -0.39 is 37.7 Å². The van der Waals surface area contributed by atoms with Gasteiger partial charge in [-0.05, 0) is 44.9 Å². The van der Waals surface area contributed by atoms with E-state index in [1.54, 1.807) is 0 Å². The molecule has 3 rings (SSSR count). The molecule has 1 saturated heterocycles. The summed E-state index contributed by atoms with van der Waals surface area (Å²) in [5, 5.41) is 6.29. The first kappa shape index (κ1) is 23.2. The maximum Gasteiger partial charge on any atom is 0.248 e. The van der Waals surface area contributed by atoms with Crippen LogP contribution in [0.4, 0.5) is 15.8 Å². The standard InChI is InChI=1S/C18H23FN4O6S2/c1-11-17(12(2)29-21-11)31(27,28)23-8-4-5-13(10-23)18(24)20-14-6-7-15(19)16(9-14)22-30(3,25)26/h6-7,9,13,22H,4-5,8,10H2,1-3H3,(H,20,24)/t13-/m1/s1. The van der Waals surface area contributed by atoms with E-state index in [9.17, 15) is 26.0 Å². The Hall–Kier alpha value is -2.51. The van der Waals surface area contributed by atoms with Crippen molar-refractivity contribution in [2.75, 3.05) is 29.4 Å². The Morgan fingerprint density at radius 3 is 2.58 bits per heavy atom. The third kappa shape index (κ3) is 5.22. The number of carbonyl (C=O) groups is 1. The Balaban J connectivity index is 1.75. The summed E-state index contributed by atoms with van der Waals surface area (Å²) in [6, 6.07) is 3.48. The van der Waals surface area contributed by atoms with Gasteiger partial charge in [-0.1, -0.05) is 5.16 Å². The van der Waals surface area contributed by atoms with Crippen molar-refractivity contribution in [2.24, 2.45) is 5.92 Å². The minimum absolute atomic E-state index is 0.00332. The van der Waals surface area contributed by atoms with Crippen molar-refractivity contribution in [3.63, 3.8) is 0 Å². The fourth-order valence-electron chi connectivity index (χ4n) is 3.47. The third-order valence-electron chi connectivity index (χ3n) is 4.85. The molecule has 2 heterocycles. The van der Waals surface area contributed by atoms with Gasteiger partial charge in [0, 0.05) is 18.8 Å². The Labute approximate surface area is 179 Å². The fraction of sp³-hybridized carbons (Fsp3) is 0.444. The van der Waals surface area contributed by atoms with E-state index in [-0.39, 0.29) is 40.8 Å². The number of carbonyl (C=O) groups excluding carboxylic acids is 1. The van der Waals surface area contributed by atoms with Gasteiger partial charge >= 0.3 is 0 Å². The molecular weight excluding hydrogens is 451 g/mol. The van der Waals surface area contributed by atoms with Gasteiger partial charge in [0.25, 0.3) is 0 Å². The molecule has 1 aromatic carbocycles. The number of aromatic nitrogens is 1. The predicted octanol–water partition coefficient (Wildman–Crippen LogP) is 1.84. The zero-order valence-electron chi connectivity index (χ0n) is 17.2. The molecule has 1 aliphatic rings. The van der Waals surface area contributed by atoms with Crippen molar-refractivity contribution < 1.29 is 30.5 Å². The van der Waals surface area contributed by atoms with Crippen LogP contribution in [0.5, 0.6) is 0 Å². The van der Waals surface area contributed by atoms with Crippen molar-refractivity contribution in [1.82, 2.24) is 9.46 Å². The summed E-state index contributed by atoms with van der Waals surface area (Å²) in [5.41, 5.74) is 0.135. The summed E-state index contributed by atoms with van der Waals surface area (Å²) >= 11 is 0. The van der Waals surface area contributed by atoms with Gasteiger partial charge in [-0.3, -0.25) is 9.52 Å². The molecule has 0 saturated carbocycles. The monoisotopic (exact) mass is 474 g/mol. The van der Waals surface area contributed by atoms with E-state index in [0.717, 1.165) is 18.4 Å². The van der Waals surface area contributed by atoms with Crippen LogP contribution in [0, 0.1) is 25.6 Å². The van der Waals surface area contributed by atoms with Gasteiger partial charge in [-0.2, -0.15) is 4.31 Å². The highest BCUT2D eigenvalue weighted by Crippen LogP contribution is 2.28. The van der Waals surface area contributed by atoms with Crippen molar-refractivity contribution in [3.8, 4) is 0 Å². The highest BCUT2D eigenvalue weighted by Gasteiger charge is 2.36. The lowest BCUT2D eigenvalue weighted by atomic mass is 9.98. The molecule has 0 unspecified atom stereocenters. The average Bonchev–Trinajstić information content (AvgIpc) is 3.02. The number of anilines is 2. The minimum Gasteiger partial charge on any atom is -0.360 e. The van der Waals surface area contributed by atoms with E-state index in [0.29, 0.717) is 12.8 Å². The van der Waals surface area contributed by atoms with E-state index in [4.69, 9.17) is 4.52 Å². The summed E-state index contributed by atoms with van der Waals surface area (Å²) in [6.45, 7) is 3.27. The number of hydrogen-bond acceptors (Lipinski definition) is 7. The summed E-state index contributed by atoms with van der Waals surface area (Å²) in [6.07, 6.45) is 1.83. The molecule has 1 aliphatic heterocycles. The molecule has 0 spiro atoms. The predicted molar refractivity (Wildman–Crippen MR) is 111 cm³/mol. The molecule has 2 aromatic rings. The number of rotatable bonds is 6. The number of hydrogen-bond donors (Lipinski definition) is 2. The molecule has 1 aromatic heterocycles. The van der Waals surface area contributed by atoms with Crippen molar-refractivity contribution in [2.45, 2.75) is 31.6 Å². The maximum atomic E-state index is 13.8. The van der Waals surface area contributed by atoms with Gasteiger partial charge in [0.15, 0.2) is 5.76 Å². The van der Waals surface area contributed by atoms with Gasteiger partial charge in [-0.15, -0.1) is 0 Å². The van der Waals surface area contributed by atoms with Crippen LogP contribution in [0.3, 0.4) is 0 Å². The van der Waals surface area contributed by atoms with Gasteiger partial charge in [-0.25, -0.2) is 21.2 Å². The van der Waals surface area contributed by atoms with Crippen LogP contribution < -0.4 is 10.0 Å². The van der Waals surface area contributed by atoms with E-state index in [1.165, 1.54) is 24.2 Å². The number of aryl methyl sites for hydroxylation is 2. The van der Waals surface area contributed by atoms with Crippen molar-refractivity contribution in [3.05, 3.63) is 35.5 Å².